The first-order chi connectivity index (χ1) is 6.15. The van der Waals surface area contributed by atoms with Crippen molar-refractivity contribution in [3.8, 4) is 0 Å². The van der Waals surface area contributed by atoms with E-state index in [0.717, 1.165) is 0 Å². The lowest BCUT2D eigenvalue weighted by Crippen LogP contribution is -1.92. The highest BCUT2D eigenvalue weighted by Crippen LogP contribution is 2.24. The summed E-state index contributed by atoms with van der Waals surface area (Å²) in [6.45, 7) is 0. The topological polar surface area (TPSA) is 81.5 Å². The van der Waals surface area contributed by atoms with E-state index in [1.54, 1.807) is 12.1 Å². The number of halogens is 1. The van der Waals surface area contributed by atoms with Gasteiger partial charge in [0.1, 0.15) is 0 Å². The zero-order chi connectivity index (χ0) is 9.84. The molecule has 13 heavy (non-hydrogen) atoms. The van der Waals surface area contributed by atoms with Gasteiger partial charge < -0.3 is 5.84 Å². The predicted molar refractivity (Wildman–Crippen MR) is 52.6 cm³/mol. The molecule has 6 heteroatoms. The third kappa shape index (κ3) is 2.25. The maximum absolute atomic E-state index is 10.5. The van der Waals surface area contributed by atoms with Gasteiger partial charge in [0.2, 0.25) is 0 Å². The van der Waals surface area contributed by atoms with Crippen molar-refractivity contribution in [3.05, 3.63) is 38.3 Å². The Balaban J connectivity index is 3.18. The van der Waals surface area contributed by atoms with Crippen LogP contribution in [0.15, 0.2) is 27.8 Å². The Morgan fingerprint density at radius 3 is 2.85 bits per heavy atom. The Labute approximate surface area is 82.5 Å². The van der Waals surface area contributed by atoms with E-state index >= 15 is 0 Å². The summed E-state index contributed by atoms with van der Waals surface area (Å²) in [6, 6.07) is 4.64. The molecular formula is C7H6BrN3O2. The molecule has 0 fully saturated rings. The van der Waals surface area contributed by atoms with Crippen LogP contribution in [0.2, 0.25) is 0 Å². The van der Waals surface area contributed by atoms with Crippen LogP contribution in [0.4, 0.5) is 5.69 Å². The maximum atomic E-state index is 10.5. The average molecular weight is 244 g/mol. The molecule has 0 spiro atoms. The van der Waals surface area contributed by atoms with Gasteiger partial charge in [-0.3, -0.25) is 10.1 Å². The van der Waals surface area contributed by atoms with Gasteiger partial charge in [-0.05, 0) is 22.0 Å². The smallest absolute Gasteiger partial charge is 0.284 e. The van der Waals surface area contributed by atoms with Gasteiger partial charge in [-0.25, -0.2) is 0 Å². The normalized spacial score (nSPS) is 10.5. The van der Waals surface area contributed by atoms with E-state index in [1.165, 1.54) is 12.3 Å². The highest BCUT2D eigenvalue weighted by atomic mass is 79.9. The van der Waals surface area contributed by atoms with Crippen molar-refractivity contribution in [2.24, 2.45) is 10.9 Å². The molecule has 0 aliphatic carbocycles. The van der Waals surface area contributed by atoms with Gasteiger partial charge in [0, 0.05) is 11.6 Å². The predicted octanol–water partition coefficient (Wildman–Crippen LogP) is 1.65. The van der Waals surface area contributed by atoms with Crippen LogP contribution in [0.25, 0.3) is 0 Å². The van der Waals surface area contributed by atoms with Gasteiger partial charge in [-0.15, -0.1) is 0 Å². The molecule has 0 radical (unpaired) electrons. The highest BCUT2D eigenvalue weighted by Gasteiger charge is 2.10. The Kier molecular flexibility index (Phi) is 2.97. The summed E-state index contributed by atoms with van der Waals surface area (Å²) in [4.78, 5) is 10.0. The molecule has 1 aromatic carbocycles. The van der Waals surface area contributed by atoms with Crippen LogP contribution < -0.4 is 5.84 Å². The molecule has 68 valence electrons. The Morgan fingerprint density at radius 2 is 2.31 bits per heavy atom. The molecule has 2 N–H and O–H groups in total. The maximum Gasteiger partial charge on any atom is 0.284 e. The first-order valence-electron chi connectivity index (χ1n) is 3.32. The number of rotatable bonds is 2. The summed E-state index contributed by atoms with van der Waals surface area (Å²) in [5, 5.41) is 13.8. The van der Waals surface area contributed by atoms with Crippen LogP contribution in [0, 0.1) is 10.1 Å². The second-order valence-corrected chi connectivity index (χ2v) is 3.10. The van der Waals surface area contributed by atoms with Gasteiger partial charge in [-0.1, -0.05) is 6.07 Å². The van der Waals surface area contributed by atoms with Crippen LogP contribution >= 0.6 is 15.9 Å². The standard InChI is InChI=1S/C7H6BrN3O2/c8-6-2-1-5(4-10-9)3-7(6)11(12)13/h1-4H,9H2. The molecule has 0 amide bonds. The third-order valence-corrected chi connectivity index (χ3v) is 2.06. The van der Waals surface area contributed by atoms with Crippen molar-refractivity contribution in [2.75, 3.05) is 0 Å². The molecule has 0 unspecified atom stereocenters. The SMILES string of the molecule is NN=Cc1ccc(Br)c([N+](=O)[O-])c1. The Hall–Kier alpha value is -1.43. The zero-order valence-electron chi connectivity index (χ0n) is 6.48. The lowest BCUT2D eigenvalue weighted by atomic mass is 10.2. The van der Waals surface area contributed by atoms with E-state index in [9.17, 15) is 10.1 Å². The minimum Gasteiger partial charge on any atom is -0.323 e. The molecule has 5 nitrogen and oxygen atoms in total. The summed E-state index contributed by atoms with van der Waals surface area (Å²) >= 11 is 3.06. The molecule has 0 atom stereocenters. The van der Waals surface area contributed by atoms with E-state index in [0.29, 0.717) is 10.0 Å². The lowest BCUT2D eigenvalue weighted by Gasteiger charge is -1.96. The van der Waals surface area contributed by atoms with E-state index < -0.39 is 4.92 Å². The fraction of sp³-hybridized carbons (Fsp3) is 0. The summed E-state index contributed by atoms with van der Waals surface area (Å²) in [5.41, 5.74) is 0.592. The van der Waals surface area contributed by atoms with Crippen molar-refractivity contribution in [1.82, 2.24) is 0 Å². The summed E-state index contributed by atoms with van der Waals surface area (Å²) < 4.78 is 0.437. The molecule has 0 heterocycles. The second-order valence-electron chi connectivity index (χ2n) is 2.25. The van der Waals surface area contributed by atoms with Crippen LogP contribution in [-0.4, -0.2) is 11.1 Å². The number of benzene rings is 1. The molecule has 1 rings (SSSR count). The van der Waals surface area contributed by atoms with Crippen LogP contribution in [0.3, 0.4) is 0 Å². The minimum atomic E-state index is -0.474. The molecule has 0 aliphatic rings. The number of hydrazone groups is 1. The fourth-order valence-corrected chi connectivity index (χ4v) is 1.23. The lowest BCUT2D eigenvalue weighted by molar-refractivity contribution is -0.385. The average Bonchev–Trinajstić information content (AvgIpc) is 2.08. The van der Waals surface area contributed by atoms with E-state index in [4.69, 9.17) is 5.84 Å². The van der Waals surface area contributed by atoms with Crippen LogP contribution in [0.1, 0.15) is 5.56 Å². The summed E-state index contributed by atoms with van der Waals surface area (Å²) in [6.07, 6.45) is 1.35. The number of nitrogens with zero attached hydrogens (tertiary/aromatic N) is 2. The molecule has 1 aromatic rings. The van der Waals surface area contributed by atoms with Gasteiger partial charge in [0.15, 0.2) is 0 Å². The first-order valence-corrected chi connectivity index (χ1v) is 4.11. The largest absolute Gasteiger partial charge is 0.323 e. The van der Waals surface area contributed by atoms with E-state index in [2.05, 4.69) is 21.0 Å². The summed E-state index contributed by atoms with van der Waals surface area (Å²) in [5.74, 6) is 4.91. The molecule has 0 saturated carbocycles. The Morgan fingerprint density at radius 1 is 1.62 bits per heavy atom. The molecule has 0 saturated heterocycles. The number of nitro groups is 1. The fourth-order valence-electron chi connectivity index (χ4n) is 0.836. The molecular weight excluding hydrogens is 238 g/mol. The summed E-state index contributed by atoms with van der Waals surface area (Å²) in [7, 11) is 0. The van der Waals surface area contributed by atoms with E-state index in [1.807, 2.05) is 0 Å². The minimum absolute atomic E-state index is 0.00241. The Bertz CT molecular complexity index is 365. The molecule has 0 bridgehead atoms. The van der Waals surface area contributed by atoms with Gasteiger partial charge in [-0.2, -0.15) is 5.10 Å². The quantitative estimate of drug-likeness (QED) is 0.371. The second kappa shape index (κ2) is 3.99. The monoisotopic (exact) mass is 243 g/mol. The van der Waals surface area contributed by atoms with Gasteiger partial charge in [0.05, 0.1) is 15.6 Å². The highest BCUT2D eigenvalue weighted by molar-refractivity contribution is 9.10. The number of nitro benzene ring substituents is 1. The van der Waals surface area contributed by atoms with E-state index in [-0.39, 0.29) is 5.69 Å². The van der Waals surface area contributed by atoms with Gasteiger partial charge >= 0.3 is 0 Å². The first kappa shape index (κ1) is 9.66. The number of hydrogen-bond donors (Lipinski definition) is 1. The molecule has 0 aliphatic heterocycles. The van der Waals surface area contributed by atoms with Gasteiger partial charge in [0.25, 0.3) is 5.69 Å². The zero-order valence-corrected chi connectivity index (χ0v) is 8.06. The number of hydrogen-bond acceptors (Lipinski definition) is 4. The van der Waals surface area contributed by atoms with Crippen molar-refractivity contribution in [2.45, 2.75) is 0 Å². The number of nitrogens with two attached hydrogens (primary N) is 1. The van der Waals surface area contributed by atoms with Crippen molar-refractivity contribution in [1.29, 1.82) is 0 Å². The molecule has 0 aromatic heterocycles. The van der Waals surface area contributed by atoms with Crippen LogP contribution in [-0.2, 0) is 0 Å². The van der Waals surface area contributed by atoms with Crippen molar-refractivity contribution < 1.29 is 4.92 Å². The third-order valence-electron chi connectivity index (χ3n) is 1.39. The van der Waals surface area contributed by atoms with Crippen molar-refractivity contribution in [3.63, 3.8) is 0 Å². The van der Waals surface area contributed by atoms with Crippen molar-refractivity contribution >= 4 is 27.8 Å². The van der Waals surface area contributed by atoms with Crippen LogP contribution in [0.5, 0.6) is 0 Å².